The number of carbonyl (C=O) groups excluding carboxylic acids is 1. The number of amides is 1. The lowest BCUT2D eigenvalue weighted by Gasteiger charge is -2.11. The fraction of sp³-hybridized carbons (Fsp3) is 0.357. The molecule has 0 saturated heterocycles. The molecule has 1 amide bonds. The van der Waals surface area contributed by atoms with Gasteiger partial charge in [-0.15, -0.1) is 5.10 Å². The summed E-state index contributed by atoms with van der Waals surface area (Å²) in [6.45, 7) is 3.67. The van der Waals surface area contributed by atoms with Crippen LogP contribution in [-0.4, -0.2) is 22.1 Å². The van der Waals surface area contributed by atoms with Crippen molar-refractivity contribution in [3.63, 3.8) is 0 Å². The Morgan fingerprint density at radius 1 is 1.43 bits per heavy atom. The number of aromatic nitrogens is 2. The lowest BCUT2D eigenvalue weighted by atomic mass is 10.1. The number of ether oxygens (including phenoxy) is 1. The Morgan fingerprint density at radius 2 is 2.17 bits per heavy atom. The number of benzene rings is 1. The van der Waals surface area contributed by atoms with Crippen LogP contribution >= 0.6 is 22.9 Å². The van der Waals surface area contributed by atoms with Gasteiger partial charge >= 0.3 is 0 Å². The summed E-state index contributed by atoms with van der Waals surface area (Å²) in [5.74, 6) is -0.631. The Hall–Kier alpha value is -1.80. The van der Waals surface area contributed by atoms with E-state index < -0.39 is 11.4 Å². The van der Waals surface area contributed by atoms with E-state index in [1.165, 1.54) is 12.1 Å². The molecule has 0 spiro atoms. The Bertz CT molecular complexity index is 694. The van der Waals surface area contributed by atoms with Gasteiger partial charge < -0.3 is 10.1 Å². The molecule has 0 radical (unpaired) electrons. The summed E-state index contributed by atoms with van der Waals surface area (Å²) in [6, 6.07) is 3.80. The highest BCUT2D eigenvalue weighted by molar-refractivity contribution is 7.13. The number of hydrogen-bond donors (Lipinski definition) is 1. The first kappa shape index (κ1) is 17.6. The van der Waals surface area contributed by atoms with Gasteiger partial charge in [-0.25, -0.2) is 8.78 Å². The number of halogens is 3. The molecule has 2 aromatic rings. The van der Waals surface area contributed by atoms with Gasteiger partial charge in [0, 0.05) is 17.7 Å². The molecule has 1 aromatic heterocycles. The second kappa shape index (κ2) is 7.65. The van der Waals surface area contributed by atoms with Crippen molar-refractivity contribution in [2.24, 2.45) is 0 Å². The van der Waals surface area contributed by atoms with Crippen molar-refractivity contribution in [2.45, 2.75) is 31.9 Å². The van der Waals surface area contributed by atoms with Crippen LogP contribution in [0.2, 0.25) is 0 Å². The summed E-state index contributed by atoms with van der Waals surface area (Å²) >= 11 is 6.07. The maximum Gasteiger partial charge on any atom is 0.299 e. The van der Waals surface area contributed by atoms with Crippen LogP contribution in [0.1, 0.15) is 30.0 Å². The SMILES string of the molecule is CC(C)NC(=O)Cc1ccc(F)cc1Oc1nnc(C(F)Cl)s1. The molecule has 1 atom stereocenters. The van der Waals surface area contributed by atoms with Crippen molar-refractivity contribution in [1.29, 1.82) is 0 Å². The second-order valence-electron chi connectivity index (χ2n) is 4.96. The first-order chi connectivity index (χ1) is 10.8. The lowest BCUT2D eigenvalue weighted by molar-refractivity contribution is -0.120. The van der Waals surface area contributed by atoms with Gasteiger partial charge in [0.25, 0.3) is 5.19 Å². The van der Waals surface area contributed by atoms with E-state index in [9.17, 15) is 13.6 Å². The van der Waals surface area contributed by atoms with Crippen molar-refractivity contribution in [2.75, 3.05) is 0 Å². The second-order valence-corrected chi connectivity index (χ2v) is 6.31. The molecule has 1 unspecified atom stereocenters. The van der Waals surface area contributed by atoms with Crippen molar-refractivity contribution in [3.8, 4) is 10.9 Å². The topological polar surface area (TPSA) is 64.1 Å². The zero-order valence-corrected chi connectivity index (χ0v) is 13.9. The van der Waals surface area contributed by atoms with Gasteiger partial charge in [0.05, 0.1) is 6.42 Å². The molecule has 23 heavy (non-hydrogen) atoms. The van der Waals surface area contributed by atoms with Crippen molar-refractivity contribution in [3.05, 3.63) is 34.6 Å². The fourth-order valence-corrected chi connectivity index (χ4v) is 2.50. The molecule has 0 aliphatic rings. The van der Waals surface area contributed by atoms with E-state index in [0.29, 0.717) is 5.56 Å². The summed E-state index contributed by atoms with van der Waals surface area (Å²) in [7, 11) is 0. The standard InChI is InChI=1S/C14H14ClF2N3O2S/c1-7(2)18-11(21)5-8-3-4-9(16)6-10(8)22-14-20-19-13(23-14)12(15)17/h3-4,6-7,12H,5H2,1-2H3,(H,18,21). The monoisotopic (exact) mass is 361 g/mol. The third-order valence-corrected chi connectivity index (χ3v) is 3.81. The van der Waals surface area contributed by atoms with Crippen LogP contribution in [0, 0.1) is 5.82 Å². The zero-order chi connectivity index (χ0) is 17.0. The molecular weight excluding hydrogens is 348 g/mol. The molecule has 0 aliphatic heterocycles. The molecule has 5 nitrogen and oxygen atoms in total. The van der Waals surface area contributed by atoms with Gasteiger partial charge in [-0.05, 0) is 19.9 Å². The van der Waals surface area contributed by atoms with Crippen molar-refractivity contribution >= 4 is 28.8 Å². The first-order valence-electron chi connectivity index (χ1n) is 6.72. The minimum absolute atomic E-state index is 0.0109. The highest BCUT2D eigenvalue weighted by Gasteiger charge is 2.16. The molecule has 0 bridgehead atoms. The van der Waals surface area contributed by atoms with E-state index in [4.69, 9.17) is 16.3 Å². The minimum atomic E-state index is -1.78. The zero-order valence-electron chi connectivity index (χ0n) is 12.3. The van der Waals surface area contributed by atoms with E-state index >= 15 is 0 Å². The Labute approximate surface area is 140 Å². The van der Waals surface area contributed by atoms with E-state index in [1.807, 2.05) is 13.8 Å². The van der Waals surface area contributed by atoms with Crippen LogP contribution in [0.25, 0.3) is 0 Å². The fourth-order valence-electron chi connectivity index (χ4n) is 1.76. The highest BCUT2D eigenvalue weighted by atomic mass is 35.5. The number of hydrogen-bond acceptors (Lipinski definition) is 5. The van der Waals surface area contributed by atoms with Gasteiger partial charge in [-0.3, -0.25) is 4.79 Å². The lowest BCUT2D eigenvalue weighted by Crippen LogP contribution is -2.31. The molecule has 124 valence electrons. The van der Waals surface area contributed by atoms with Gasteiger partial charge in [-0.2, -0.15) is 0 Å². The normalized spacial score (nSPS) is 12.3. The smallest absolute Gasteiger partial charge is 0.299 e. The third kappa shape index (κ3) is 5.11. The number of nitrogens with one attached hydrogen (secondary N) is 1. The van der Waals surface area contributed by atoms with Gasteiger partial charge in [0.2, 0.25) is 11.5 Å². The van der Waals surface area contributed by atoms with Crippen LogP contribution in [0.4, 0.5) is 8.78 Å². The van der Waals surface area contributed by atoms with Gasteiger partial charge in [0.1, 0.15) is 11.6 Å². The summed E-state index contributed by atoms with van der Waals surface area (Å²) in [5, 5.41) is 9.85. The maximum atomic E-state index is 13.4. The molecule has 1 N–H and O–H groups in total. The van der Waals surface area contributed by atoms with E-state index in [1.54, 1.807) is 0 Å². The van der Waals surface area contributed by atoms with E-state index in [0.717, 1.165) is 17.4 Å². The largest absolute Gasteiger partial charge is 0.429 e. The quantitative estimate of drug-likeness (QED) is 0.796. The predicted molar refractivity (Wildman–Crippen MR) is 83.1 cm³/mol. The molecule has 2 rings (SSSR count). The van der Waals surface area contributed by atoms with Crippen molar-refractivity contribution in [1.82, 2.24) is 15.5 Å². The molecule has 0 fully saturated rings. The summed E-state index contributed by atoms with van der Waals surface area (Å²) in [5.41, 5.74) is -1.31. The Kier molecular flexibility index (Phi) is 5.84. The van der Waals surface area contributed by atoms with Gasteiger partial charge in [0.15, 0.2) is 5.01 Å². The average Bonchev–Trinajstić information content (AvgIpc) is 2.90. The Balaban J connectivity index is 2.19. The predicted octanol–water partition coefficient (Wildman–Crippen LogP) is 3.74. The first-order valence-corrected chi connectivity index (χ1v) is 7.97. The van der Waals surface area contributed by atoms with Crippen LogP contribution < -0.4 is 10.1 Å². The highest BCUT2D eigenvalue weighted by Crippen LogP contribution is 2.33. The average molecular weight is 362 g/mol. The van der Waals surface area contributed by atoms with Gasteiger partial charge in [-0.1, -0.05) is 34.1 Å². The molecule has 0 aliphatic carbocycles. The maximum absolute atomic E-state index is 13.4. The molecule has 9 heteroatoms. The number of alkyl halides is 2. The molecule has 1 heterocycles. The number of rotatable bonds is 6. The summed E-state index contributed by atoms with van der Waals surface area (Å²) in [6.07, 6.45) is 0.0146. The van der Waals surface area contributed by atoms with Crippen LogP contribution in [0.5, 0.6) is 10.9 Å². The molecular formula is C14H14ClF2N3O2S. The van der Waals surface area contributed by atoms with E-state index in [2.05, 4.69) is 15.5 Å². The van der Waals surface area contributed by atoms with E-state index in [-0.39, 0.29) is 34.3 Å². The summed E-state index contributed by atoms with van der Waals surface area (Å²) < 4.78 is 31.8. The molecule has 1 aromatic carbocycles. The molecule has 0 saturated carbocycles. The van der Waals surface area contributed by atoms with Crippen LogP contribution in [0.15, 0.2) is 18.2 Å². The third-order valence-electron chi connectivity index (χ3n) is 2.64. The summed E-state index contributed by atoms with van der Waals surface area (Å²) in [4.78, 5) is 11.9. The Morgan fingerprint density at radius 3 is 2.78 bits per heavy atom. The van der Waals surface area contributed by atoms with Crippen LogP contribution in [0.3, 0.4) is 0 Å². The number of carbonyl (C=O) groups is 1. The minimum Gasteiger partial charge on any atom is -0.429 e. The van der Waals surface area contributed by atoms with Crippen molar-refractivity contribution < 1.29 is 18.3 Å². The number of nitrogens with zero attached hydrogens (tertiary/aromatic N) is 2. The van der Waals surface area contributed by atoms with Crippen LogP contribution in [-0.2, 0) is 11.2 Å².